The van der Waals surface area contributed by atoms with Crippen LogP contribution in [0.2, 0.25) is 5.02 Å². The van der Waals surface area contributed by atoms with Gasteiger partial charge < -0.3 is 10.1 Å². The van der Waals surface area contributed by atoms with Crippen LogP contribution >= 0.6 is 22.9 Å². The van der Waals surface area contributed by atoms with Crippen LogP contribution in [0.15, 0.2) is 47.4 Å². The number of carbonyl (C=O) groups excluding carboxylic acids is 1. The Labute approximate surface area is 159 Å². The van der Waals surface area contributed by atoms with Gasteiger partial charge >= 0.3 is 0 Å². The lowest BCUT2D eigenvalue weighted by Gasteiger charge is -2.04. The first-order valence-corrected chi connectivity index (χ1v) is 10.5. The van der Waals surface area contributed by atoms with Gasteiger partial charge in [-0.1, -0.05) is 29.0 Å². The summed E-state index contributed by atoms with van der Waals surface area (Å²) in [5.41, 5.74) is 0.634. The van der Waals surface area contributed by atoms with E-state index in [1.54, 1.807) is 6.07 Å². The van der Waals surface area contributed by atoms with E-state index in [1.807, 2.05) is 19.1 Å². The van der Waals surface area contributed by atoms with Gasteiger partial charge in [-0.3, -0.25) is 4.79 Å². The molecule has 0 aliphatic rings. The summed E-state index contributed by atoms with van der Waals surface area (Å²) in [7, 11) is -3.76. The molecule has 3 aromatic rings. The number of aromatic nitrogens is 1. The van der Waals surface area contributed by atoms with E-state index in [0.29, 0.717) is 28.0 Å². The van der Waals surface area contributed by atoms with Crippen LogP contribution in [0.5, 0.6) is 5.75 Å². The van der Waals surface area contributed by atoms with E-state index >= 15 is 0 Å². The topological polar surface area (TPSA) is 85.4 Å². The Balaban J connectivity index is 1.76. The third-order valence-corrected chi connectivity index (χ3v) is 6.24. The van der Waals surface area contributed by atoms with E-state index in [2.05, 4.69) is 10.3 Å². The number of hydrogen-bond acceptors (Lipinski definition) is 6. The molecule has 0 saturated carbocycles. The standard InChI is InChI=1S/C17H15ClN2O4S2/c1-2-24-13-4-3-5-14-16(13)20-17(25-14)19-15(21)10-26(22,23)12-8-6-11(18)7-9-12/h3-9H,2,10H2,1H3,(H,19,20,21). The highest BCUT2D eigenvalue weighted by atomic mass is 35.5. The minimum absolute atomic E-state index is 0.0416. The molecule has 1 amide bonds. The third kappa shape index (κ3) is 4.14. The molecule has 3 rings (SSSR count). The largest absolute Gasteiger partial charge is 0.492 e. The second-order valence-corrected chi connectivity index (χ2v) is 8.77. The van der Waals surface area contributed by atoms with Crippen LogP contribution in [0, 0.1) is 0 Å². The number of benzene rings is 2. The van der Waals surface area contributed by atoms with Crippen LogP contribution in [0.4, 0.5) is 5.13 Å². The van der Waals surface area contributed by atoms with Crippen molar-refractivity contribution in [2.45, 2.75) is 11.8 Å². The Morgan fingerprint density at radius 2 is 1.96 bits per heavy atom. The van der Waals surface area contributed by atoms with Crippen molar-refractivity contribution in [1.82, 2.24) is 4.98 Å². The van der Waals surface area contributed by atoms with Crippen LogP contribution in [-0.2, 0) is 14.6 Å². The average Bonchev–Trinajstić information content (AvgIpc) is 2.98. The van der Waals surface area contributed by atoms with E-state index in [4.69, 9.17) is 16.3 Å². The molecule has 0 fully saturated rings. The number of halogens is 1. The Hall–Kier alpha value is -2.16. The molecule has 0 radical (unpaired) electrons. The van der Waals surface area contributed by atoms with Gasteiger partial charge in [-0.05, 0) is 43.3 Å². The Bertz CT molecular complexity index is 1050. The fourth-order valence-electron chi connectivity index (χ4n) is 2.30. The number of amides is 1. The van der Waals surface area contributed by atoms with Gasteiger partial charge in [0, 0.05) is 5.02 Å². The molecule has 0 bridgehead atoms. The van der Waals surface area contributed by atoms with Crippen molar-refractivity contribution in [3.63, 3.8) is 0 Å². The van der Waals surface area contributed by atoms with E-state index in [9.17, 15) is 13.2 Å². The smallest absolute Gasteiger partial charge is 0.241 e. The zero-order valence-electron chi connectivity index (χ0n) is 13.7. The summed E-state index contributed by atoms with van der Waals surface area (Å²) in [6, 6.07) is 11.2. The lowest BCUT2D eigenvalue weighted by Crippen LogP contribution is -2.22. The first-order valence-electron chi connectivity index (χ1n) is 7.69. The number of ether oxygens (including phenoxy) is 1. The number of fused-ring (bicyclic) bond motifs is 1. The monoisotopic (exact) mass is 410 g/mol. The van der Waals surface area contributed by atoms with E-state index in [-0.39, 0.29) is 4.90 Å². The van der Waals surface area contributed by atoms with Gasteiger partial charge in [0.05, 0.1) is 16.2 Å². The minimum Gasteiger partial charge on any atom is -0.492 e. The fraction of sp³-hybridized carbons (Fsp3) is 0.176. The average molecular weight is 411 g/mol. The van der Waals surface area contributed by atoms with Crippen LogP contribution in [-0.4, -0.2) is 31.7 Å². The van der Waals surface area contributed by atoms with E-state index in [1.165, 1.54) is 35.6 Å². The van der Waals surface area contributed by atoms with Gasteiger partial charge in [-0.25, -0.2) is 13.4 Å². The quantitative estimate of drug-likeness (QED) is 0.668. The van der Waals surface area contributed by atoms with Crippen molar-refractivity contribution in [1.29, 1.82) is 0 Å². The van der Waals surface area contributed by atoms with Gasteiger partial charge in [0.25, 0.3) is 0 Å². The summed E-state index contributed by atoms with van der Waals surface area (Å²) in [6.07, 6.45) is 0. The maximum absolute atomic E-state index is 12.3. The molecule has 9 heteroatoms. The maximum Gasteiger partial charge on any atom is 0.241 e. The van der Waals surface area contributed by atoms with Crippen molar-refractivity contribution < 1.29 is 17.9 Å². The summed E-state index contributed by atoms with van der Waals surface area (Å²) in [6.45, 7) is 2.37. The summed E-state index contributed by atoms with van der Waals surface area (Å²) in [4.78, 5) is 16.6. The predicted octanol–water partition coefficient (Wildman–Crippen LogP) is 3.76. The zero-order chi connectivity index (χ0) is 18.7. The Kier molecular flexibility index (Phi) is 5.45. The highest BCUT2D eigenvalue weighted by molar-refractivity contribution is 7.92. The first kappa shape index (κ1) is 18.6. The van der Waals surface area contributed by atoms with Crippen LogP contribution in [0.3, 0.4) is 0 Å². The Morgan fingerprint density at radius 1 is 1.23 bits per heavy atom. The lowest BCUT2D eigenvalue weighted by atomic mass is 10.3. The number of rotatable bonds is 6. The highest BCUT2D eigenvalue weighted by Crippen LogP contribution is 2.32. The molecular formula is C17H15ClN2O4S2. The van der Waals surface area contributed by atoms with Crippen LogP contribution in [0.1, 0.15) is 6.92 Å². The summed E-state index contributed by atoms with van der Waals surface area (Å²) in [5, 5.41) is 3.29. The molecule has 0 aliphatic carbocycles. The molecule has 1 heterocycles. The summed E-state index contributed by atoms with van der Waals surface area (Å²) in [5.74, 6) is -0.712. The number of sulfone groups is 1. The molecule has 0 atom stereocenters. The van der Waals surface area contributed by atoms with Gasteiger partial charge in [-0.15, -0.1) is 0 Å². The maximum atomic E-state index is 12.3. The molecule has 136 valence electrons. The van der Waals surface area contributed by atoms with E-state index < -0.39 is 21.5 Å². The molecule has 0 spiro atoms. The van der Waals surface area contributed by atoms with Crippen LogP contribution in [0.25, 0.3) is 10.2 Å². The van der Waals surface area contributed by atoms with Crippen molar-refractivity contribution in [2.75, 3.05) is 17.7 Å². The number of nitrogens with one attached hydrogen (secondary N) is 1. The molecule has 2 aromatic carbocycles. The molecule has 6 nitrogen and oxygen atoms in total. The molecular weight excluding hydrogens is 396 g/mol. The van der Waals surface area contributed by atoms with E-state index in [0.717, 1.165) is 4.70 Å². The second kappa shape index (κ2) is 7.61. The summed E-state index contributed by atoms with van der Waals surface area (Å²) >= 11 is 7.01. The molecule has 1 N–H and O–H groups in total. The molecule has 0 unspecified atom stereocenters. The van der Waals surface area contributed by atoms with Gasteiger partial charge in [0.1, 0.15) is 17.0 Å². The van der Waals surface area contributed by atoms with Crippen molar-refractivity contribution in [3.05, 3.63) is 47.5 Å². The molecule has 0 saturated heterocycles. The predicted molar refractivity (Wildman–Crippen MR) is 103 cm³/mol. The van der Waals surface area contributed by atoms with Gasteiger partial charge in [0.2, 0.25) is 5.91 Å². The number of anilines is 1. The van der Waals surface area contributed by atoms with Crippen LogP contribution < -0.4 is 10.1 Å². The SMILES string of the molecule is CCOc1cccc2sc(NC(=O)CS(=O)(=O)c3ccc(Cl)cc3)nc12. The third-order valence-electron chi connectivity index (χ3n) is 3.42. The first-order chi connectivity index (χ1) is 12.4. The molecule has 1 aromatic heterocycles. The zero-order valence-corrected chi connectivity index (χ0v) is 16.1. The molecule has 0 aliphatic heterocycles. The van der Waals surface area contributed by atoms with Gasteiger partial charge in [0.15, 0.2) is 15.0 Å². The minimum atomic E-state index is -3.76. The number of carbonyl (C=O) groups is 1. The number of para-hydroxylation sites is 1. The number of thiazole rings is 1. The highest BCUT2D eigenvalue weighted by Gasteiger charge is 2.20. The lowest BCUT2D eigenvalue weighted by molar-refractivity contribution is -0.113. The Morgan fingerprint density at radius 3 is 2.65 bits per heavy atom. The fourth-order valence-corrected chi connectivity index (χ4v) is 4.46. The molecule has 26 heavy (non-hydrogen) atoms. The number of nitrogens with zero attached hydrogens (tertiary/aromatic N) is 1. The normalized spacial score (nSPS) is 11.5. The van der Waals surface area contributed by atoms with Crippen molar-refractivity contribution in [3.8, 4) is 5.75 Å². The van der Waals surface area contributed by atoms with Gasteiger partial charge in [-0.2, -0.15) is 0 Å². The van der Waals surface area contributed by atoms with Crippen molar-refractivity contribution >= 4 is 54.0 Å². The second-order valence-electron chi connectivity index (χ2n) is 5.32. The summed E-state index contributed by atoms with van der Waals surface area (Å²) < 4.78 is 31.0. The van der Waals surface area contributed by atoms with Crippen molar-refractivity contribution in [2.24, 2.45) is 0 Å². The number of hydrogen-bond donors (Lipinski definition) is 1.